The van der Waals surface area contributed by atoms with E-state index in [0.717, 1.165) is 36.2 Å². The van der Waals surface area contributed by atoms with Crippen LogP contribution in [0.15, 0.2) is 28.7 Å². The first kappa shape index (κ1) is 17.5. The molecule has 1 N–H and O–H groups in total. The van der Waals surface area contributed by atoms with Crippen LogP contribution in [0.3, 0.4) is 0 Å². The van der Waals surface area contributed by atoms with E-state index >= 15 is 0 Å². The van der Waals surface area contributed by atoms with Gasteiger partial charge in [-0.05, 0) is 39.0 Å². The summed E-state index contributed by atoms with van der Waals surface area (Å²) in [4.78, 5) is 13.8. The largest absolute Gasteiger partial charge is 0.459 e. The first-order chi connectivity index (χ1) is 10.8. The summed E-state index contributed by atoms with van der Waals surface area (Å²) < 4.78 is 11.1. The molecular formula is C19H28NO3+. The van der Waals surface area contributed by atoms with Gasteiger partial charge in [0.1, 0.15) is 12.2 Å². The van der Waals surface area contributed by atoms with Crippen molar-refractivity contribution in [2.75, 3.05) is 26.2 Å². The summed E-state index contributed by atoms with van der Waals surface area (Å²) in [5.74, 6) is -0.113. The monoisotopic (exact) mass is 318 g/mol. The summed E-state index contributed by atoms with van der Waals surface area (Å²) in [5.41, 5.74) is 1.80. The predicted octanol–water partition coefficient (Wildman–Crippen LogP) is 2.85. The Hall–Kier alpha value is -1.81. The van der Waals surface area contributed by atoms with Crippen LogP contribution in [0, 0.1) is 12.3 Å². The van der Waals surface area contributed by atoms with E-state index in [0.29, 0.717) is 6.61 Å². The third kappa shape index (κ3) is 4.58. The molecule has 126 valence electrons. The molecule has 0 radical (unpaired) electrons. The number of rotatable bonds is 7. The molecule has 0 saturated heterocycles. The van der Waals surface area contributed by atoms with Crippen LogP contribution in [0.5, 0.6) is 0 Å². The van der Waals surface area contributed by atoms with E-state index in [1.807, 2.05) is 25.1 Å². The molecular weight excluding hydrogens is 290 g/mol. The molecule has 0 spiro atoms. The summed E-state index contributed by atoms with van der Waals surface area (Å²) in [6.45, 7) is 14.2. The highest BCUT2D eigenvalue weighted by Crippen LogP contribution is 2.22. The number of nitrogens with one attached hydrogen (secondary N) is 1. The molecule has 0 fully saturated rings. The van der Waals surface area contributed by atoms with Crippen LogP contribution >= 0.6 is 0 Å². The van der Waals surface area contributed by atoms with Crippen LogP contribution in [0.4, 0.5) is 0 Å². The van der Waals surface area contributed by atoms with E-state index in [1.54, 1.807) is 6.07 Å². The molecule has 23 heavy (non-hydrogen) atoms. The van der Waals surface area contributed by atoms with Crippen molar-refractivity contribution in [1.82, 2.24) is 0 Å². The van der Waals surface area contributed by atoms with E-state index in [2.05, 4.69) is 27.7 Å². The van der Waals surface area contributed by atoms with Crippen LogP contribution in [0.25, 0.3) is 11.0 Å². The quantitative estimate of drug-likeness (QED) is 0.798. The average Bonchev–Trinajstić information content (AvgIpc) is 2.93. The average molecular weight is 318 g/mol. The Morgan fingerprint density at radius 2 is 1.91 bits per heavy atom. The highest BCUT2D eigenvalue weighted by molar-refractivity contribution is 5.92. The minimum absolute atomic E-state index is 0.0559. The van der Waals surface area contributed by atoms with Crippen molar-refractivity contribution in [3.8, 4) is 0 Å². The molecule has 1 aromatic heterocycles. The van der Waals surface area contributed by atoms with Gasteiger partial charge in [0.2, 0.25) is 5.76 Å². The van der Waals surface area contributed by atoms with Crippen LogP contribution in [0.1, 0.15) is 43.8 Å². The zero-order valence-electron chi connectivity index (χ0n) is 14.9. The lowest BCUT2D eigenvalue weighted by Crippen LogP contribution is -3.12. The van der Waals surface area contributed by atoms with Crippen molar-refractivity contribution in [2.45, 2.75) is 34.6 Å². The van der Waals surface area contributed by atoms with Gasteiger partial charge in [-0.3, -0.25) is 0 Å². The van der Waals surface area contributed by atoms with Gasteiger partial charge in [0.25, 0.3) is 0 Å². The highest BCUT2D eigenvalue weighted by Gasteiger charge is 2.26. The van der Waals surface area contributed by atoms with Crippen molar-refractivity contribution in [3.05, 3.63) is 35.6 Å². The Morgan fingerprint density at radius 3 is 2.57 bits per heavy atom. The second-order valence-electron chi connectivity index (χ2n) is 7.03. The molecule has 0 aliphatic carbocycles. The number of quaternary nitrogens is 1. The zero-order valence-corrected chi connectivity index (χ0v) is 14.9. The number of fused-ring (bicyclic) bond motifs is 1. The fourth-order valence-corrected chi connectivity index (χ4v) is 2.82. The molecule has 0 atom stereocenters. The maximum atomic E-state index is 12.2. The van der Waals surface area contributed by atoms with E-state index in [1.165, 1.54) is 4.90 Å². The molecule has 1 heterocycles. The van der Waals surface area contributed by atoms with Gasteiger partial charge < -0.3 is 14.1 Å². The number of ether oxygens (including phenoxy) is 1. The molecule has 2 rings (SSSR count). The van der Waals surface area contributed by atoms with E-state index < -0.39 is 0 Å². The Bertz CT molecular complexity index is 668. The zero-order chi connectivity index (χ0) is 17.0. The van der Waals surface area contributed by atoms with Crippen molar-refractivity contribution >= 4 is 16.9 Å². The van der Waals surface area contributed by atoms with Gasteiger partial charge in [0.05, 0.1) is 19.6 Å². The topological polar surface area (TPSA) is 43.9 Å². The van der Waals surface area contributed by atoms with Crippen molar-refractivity contribution in [1.29, 1.82) is 0 Å². The number of benzene rings is 1. The Morgan fingerprint density at radius 1 is 1.22 bits per heavy atom. The Labute approximate surface area is 138 Å². The normalized spacial score (nSPS) is 12.1. The first-order valence-electron chi connectivity index (χ1n) is 8.35. The smallest absolute Gasteiger partial charge is 0.374 e. The second kappa shape index (κ2) is 7.18. The predicted molar refractivity (Wildman–Crippen MR) is 91.9 cm³/mol. The van der Waals surface area contributed by atoms with Crippen molar-refractivity contribution in [2.24, 2.45) is 5.41 Å². The summed E-state index contributed by atoms with van der Waals surface area (Å²) in [6.07, 6.45) is 0. The summed E-state index contributed by atoms with van der Waals surface area (Å²) in [6, 6.07) is 7.61. The van der Waals surface area contributed by atoms with Gasteiger partial charge in [-0.1, -0.05) is 25.5 Å². The van der Waals surface area contributed by atoms with Gasteiger partial charge in [-0.2, -0.15) is 0 Å². The number of furan rings is 1. The van der Waals surface area contributed by atoms with Gasteiger partial charge >= 0.3 is 5.97 Å². The fraction of sp³-hybridized carbons (Fsp3) is 0.526. The first-order valence-corrected chi connectivity index (χ1v) is 8.35. The van der Waals surface area contributed by atoms with Crippen molar-refractivity contribution in [3.63, 3.8) is 0 Å². The van der Waals surface area contributed by atoms with E-state index in [-0.39, 0.29) is 17.1 Å². The van der Waals surface area contributed by atoms with Crippen LogP contribution < -0.4 is 4.90 Å². The minimum atomic E-state index is -0.388. The molecule has 0 aliphatic rings. The van der Waals surface area contributed by atoms with E-state index in [4.69, 9.17) is 9.15 Å². The Balaban J connectivity index is 2.00. The number of hydrogen-bond acceptors (Lipinski definition) is 3. The third-order valence-electron chi connectivity index (χ3n) is 4.20. The number of carbonyl (C=O) groups excluding carboxylic acids is 1. The van der Waals surface area contributed by atoms with Crippen LogP contribution in [0.2, 0.25) is 0 Å². The van der Waals surface area contributed by atoms with Crippen LogP contribution in [-0.4, -0.2) is 32.2 Å². The molecule has 0 amide bonds. The lowest BCUT2D eigenvalue weighted by Gasteiger charge is -2.28. The maximum Gasteiger partial charge on any atom is 0.374 e. The van der Waals surface area contributed by atoms with Crippen LogP contribution in [-0.2, 0) is 4.74 Å². The highest BCUT2D eigenvalue weighted by atomic mass is 16.5. The SMILES string of the molecule is CC[NH+](CC)CC(C)(C)COC(=O)c1cc2cc(C)ccc2o1. The van der Waals surface area contributed by atoms with Crippen molar-refractivity contribution < 1.29 is 18.8 Å². The fourth-order valence-electron chi connectivity index (χ4n) is 2.82. The van der Waals surface area contributed by atoms with Gasteiger partial charge in [-0.25, -0.2) is 4.79 Å². The van der Waals surface area contributed by atoms with Gasteiger partial charge in [0.15, 0.2) is 0 Å². The summed E-state index contributed by atoms with van der Waals surface area (Å²) >= 11 is 0. The second-order valence-corrected chi connectivity index (χ2v) is 7.03. The standard InChI is InChI=1S/C19H27NO3/c1-6-20(7-2)12-19(4,5)13-22-18(21)17-11-15-10-14(3)8-9-16(15)23-17/h8-11H,6-7,12-13H2,1-5H3/p+1. The number of carbonyl (C=O) groups is 1. The minimum Gasteiger partial charge on any atom is -0.459 e. The molecule has 0 aliphatic heterocycles. The molecule has 4 heteroatoms. The molecule has 0 saturated carbocycles. The maximum absolute atomic E-state index is 12.2. The number of aryl methyl sites for hydroxylation is 1. The summed E-state index contributed by atoms with van der Waals surface area (Å²) in [7, 11) is 0. The number of hydrogen-bond donors (Lipinski definition) is 1. The Kier molecular flexibility index (Phi) is 5.47. The molecule has 4 nitrogen and oxygen atoms in total. The van der Waals surface area contributed by atoms with Gasteiger partial charge in [-0.15, -0.1) is 0 Å². The third-order valence-corrected chi connectivity index (χ3v) is 4.20. The van der Waals surface area contributed by atoms with Gasteiger partial charge in [0, 0.05) is 10.8 Å². The molecule has 2 aromatic rings. The lowest BCUT2D eigenvalue weighted by molar-refractivity contribution is -0.902. The molecule has 0 unspecified atom stereocenters. The summed E-state index contributed by atoms with van der Waals surface area (Å²) in [5, 5.41) is 0.934. The number of esters is 1. The van der Waals surface area contributed by atoms with E-state index in [9.17, 15) is 4.79 Å². The molecule has 1 aromatic carbocycles. The lowest BCUT2D eigenvalue weighted by atomic mass is 9.94. The molecule has 0 bridgehead atoms.